The third-order valence-electron chi connectivity index (χ3n) is 2.08. The first kappa shape index (κ1) is 9.28. The van der Waals surface area contributed by atoms with E-state index in [1.54, 1.807) is 41.2 Å². The zero-order chi connectivity index (χ0) is 10.7. The van der Waals surface area contributed by atoms with Crippen LogP contribution in [0, 0.1) is 11.3 Å². The van der Waals surface area contributed by atoms with Crippen molar-refractivity contribution in [1.29, 1.82) is 5.26 Å². The summed E-state index contributed by atoms with van der Waals surface area (Å²) in [6.45, 7) is 0.274. The molecular formula is C11H9N3O. The van der Waals surface area contributed by atoms with Gasteiger partial charge in [0.1, 0.15) is 18.1 Å². The summed E-state index contributed by atoms with van der Waals surface area (Å²) >= 11 is 0. The molecule has 0 atom stereocenters. The number of hydrogen-bond donors (Lipinski definition) is 1. The van der Waals surface area contributed by atoms with Crippen LogP contribution in [0.25, 0.3) is 11.4 Å². The van der Waals surface area contributed by atoms with E-state index in [-0.39, 0.29) is 12.3 Å². The van der Waals surface area contributed by atoms with E-state index in [1.807, 2.05) is 0 Å². The van der Waals surface area contributed by atoms with Crippen molar-refractivity contribution >= 4 is 0 Å². The molecule has 0 fully saturated rings. The third kappa shape index (κ3) is 1.81. The fourth-order valence-corrected chi connectivity index (χ4v) is 1.38. The molecular weight excluding hydrogens is 190 g/mol. The SMILES string of the molecule is N#CCn1ccnc1-c1ccc(O)cc1. The van der Waals surface area contributed by atoms with Crippen LogP contribution >= 0.6 is 0 Å². The Morgan fingerprint density at radius 2 is 2.07 bits per heavy atom. The van der Waals surface area contributed by atoms with Gasteiger partial charge in [0.25, 0.3) is 0 Å². The molecule has 74 valence electrons. The first-order valence-corrected chi connectivity index (χ1v) is 4.49. The molecule has 2 rings (SSSR count). The van der Waals surface area contributed by atoms with Gasteiger partial charge in [0.05, 0.1) is 6.07 Å². The number of benzene rings is 1. The Morgan fingerprint density at radius 1 is 1.33 bits per heavy atom. The van der Waals surface area contributed by atoms with Gasteiger partial charge < -0.3 is 9.67 Å². The standard InChI is InChI=1S/C11H9N3O/c12-5-7-14-8-6-13-11(14)9-1-3-10(15)4-2-9/h1-4,6,8,15H,7H2. The van der Waals surface area contributed by atoms with Crippen LogP contribution in [0.2, 0.25) is 0 Å². The van der Waals surface area contributed by atoms with Crippen LogP contribution in [-0.4, -0.2) is 14.7 Å². The largest absolute Gasteiger partial charge is 0.508 e. The second-order valence-electron chi connectivity index (χ2n) is 3.08. The Bertz CT molecular complexity index is 493. The Hall–Kier alpha value is -2.28. The fraction of sp³-hybridized carbons (Fsp3) is 0.0909. The van der Waals surface area contributed by atoms with E-state index in [1.165, 1.54) is 0 Å². The van der Waals surface area contributed by atoms with Gasteiger partial charge in [-0.15, -0.1) is 0 Å². The third-order valence-corrected chi connectivity index (χ3v) is 2.08. The van der Waals surface area contributed by atoms with E-state index in [2.05, 4.69) is 11.1 Å². The van der Waals surface area contributed by atoms with Crippen molar-refractivity contribution in [2.75, 3.05) is 0 Å². The van der Waals surface area contributed by atoms with Crippen LogP contribution in [0.4, 0.5) is 0 Å². The quantitative estimate of drug-likeness (QED) is 0.801. The molecule has 4 heteroatoms. The average Bonchev–Trinajstić information content (AvgIpc) is 2.68. The number of aromatic hydroxyl groups is 1. The van der Waals surface area contributed by atoms with Gasteiger partial charge in [-0.1, -0.05) is 0 Å². The molecule has 0 aliphatic heterocycles. The number of nitrogens with zero attached hydrogens (tertiary/aromatic N) is 3. The predicted octanol–water partition coefficient (Wildman–Crippen LogP) is 1.78. The number of phenolic OH excluding ortho intramolecular Hbond substituents is 1. The molecule has 2 aromatic rings. The lowest BCUT2D eigenvalue weighted by Gasteiger charge is -2.03. The van der Waals surface area contributed by atoms with Crippen molar-refractivity contribution in [2.24, 2.45) is 0 Å². The van der Waals surface area contributed by atoms with Crippen molar-refractivity contribution in [3.8, 4) is 23.2 Å². The van der Waals surface area contributed by atoms with Gasteiger partial charge in [0, 0.05) is 18.0 Å². The highest BCUT2D eigenvalue weighted by molar-refractivity contribution is 5.56. The van der Waals surface area contributed by atoms with Gasteiger partial charge in [-0.3, -0.25) is 0 Å². The first-order valence-electron chi connectivity index (χ1n) is 4.49. The molecule has 1 N–H and O–H groups in total. The number of hydrogen-bond acceptors (Lipinski definition) is 3. The Kier molecular flexibility index (Phi) is 2.38. The van der Waals surface area contributed by atoms with Gasteiger partial charge in [-0.25, -0.2) is 4.98 Å². The van der Waals surface area contributed by atoms with Gasteiger partial charge >= 0.3 is 0 Å². The van der Waals surface area contributed by atoms with Gasteiger partial charge in [0.15, 0.2) is 0 Å². The molecule has 0 saturated carbocycles. The highest BCUT2D eigenvalue weighted by atomic mass is 16.3. The summed E-state index contributed by atoms with van der Waals surface area (Å²) in [5, 5.41) is 17.8. The van der Waals surface area contributed by atoms with Gasteiger partial charge in [-0.2, -0.15) is 5.26 Å². The first-order chi connectivity index (χ1) is 7.31. The molecule has 0 aliphatic rings. The molecule has 1 heterocycles. The maximum Gasteiger partial charge on any atom is 0.140 e. The number of rotatable bonds is 2. The lowest BCUT2D eigenvalue weighted by atomic mass is 10.2. The molecule has 1 aromatic heterocycles. The smallest absolute Gasteiger partial charge is 0.140 e. The molecule has 15 heavy (non-hydrogen) atoms. The zero-order valence-electron chi connectivity index (χ0n) is 7.96. The molecule has 0 amide bonds. The second kappa shape index (κ2) is 3.84. The van der Waals surface area contributed by atoms with Gasteiger partial charge in [-0.05, 0) is 24.3 Å². The highest BCUT2D eigenvalue weighted by Crippen LogP contribution is 2.19. The summed E-state index contributed by atoms with van der Waals surface area (Å²) in [5.41, 5.74) is 0.882. The van der Waals surface area contributed by atoms with Crippen molar-refractivity contribution in [2.45, 2.75) is 6.54 Å². The predicted molar refractivity (Wildman–Crippen MR) is 54.9 cm³/mol. The summed E-state index contributed by atoms with van der Waals surface area (Å²) in [5.74, 6) is 0.952. The summed E-state index contributed by atoms with van der Waals surface area (Å²) in [6, 6.07) is 8.80. The molecule has 1 aromatic carbocycles. The van der Waals surface area contributed by atoms with Crippen molar-refractivity contribution in [3.05, 3.63) is 36.7 Å². The molecule has 0 spiro atoms. The average molecular weight is 199 g/mol. The minimum atomic E-state index is 0.220. The topological polar surface area (TPSA) is 61.8 Å². The molecule has 4 nitrogen and oxygen atoms in total. The van der Waals surface area contributed by atoms with E-state index in [9.17, 15) is 0 Å². The number of nitriles is 1. The lowest BCUT2D eigenvalue weighted by molar-refractivity contribution is 0.475. The normalized spacial score (nSPS) is 9.80. The zero-order valence-corrected chi connectivity index (χ0v) is 7.96. The number of phenols is 1. The molecule has 0 saturated heterocycles. The summed E-state index contributed by atoms with van der Waals surface area (Å²) in [6.07, 6.45) is 3.41. The monoisotopic (exact) mass is 199 g/mol. The number of aromatic nitrogens is 2. The molecule has 0 aliphatic carbocycles. The van der Waals surface area contributed by atoms with Crippen LogP contribution in [0.5, 0.6) is 5.75 Å². The maximum atomic E-state index is 9.15. The van der Waals surface area contributed by atoms with Crippen LogP contribution in [0.1, 0.15) is 0 Å². The Labute approximate surface area is 87.0 Å². The minimum Gasteiger partial charge on any atom is -0.508 e. The van der Waals surface area contributed by atoms with E-state index < -0.39 is 0 Å². The van der Waals surface area contributed by atoms with E-state index in [4.69, 9.17) is 10.4 Å². The second-order valence-corrected chi connectivity index (χ2v) is 3.08. The summed E-state index contributed by atoms with van der Waals surface area (Å²) in [4.78, 5) is 4.16. The van der Waals surface area contributed by atoms with Crippen molar-refractivity contribution in [3.63, 3.8) is 0 Å². The fourth-order valence-electron chi connectivity index (χ4n) is 1.38. The Morgan fingerprint density at radius 3 is 2.73 bits per heavy atom. The Balaban J connectivity index is 2.41. The van der Waals surface area contributed by atoms with Crippen molar-refractivity contribution in [1.82, 2.24) is 9.55 Å². The highest BCUT2D eigenvalue weighted by Gasteiger charge is 2.04. The van der Waals surface area contributed by atoms with E-state index in [0.29, 0.717) is 0 Å². The number of imidazole rings is 1. The van der Waals surface area contributed by atoms with Crippen LogP contribution in [-0.2, 0) is 6.54 Å². The maximum absolute atomic E-state index is 9.15. The van der Waals surface area contributed by atoms with Crippen molar-refractivity contribution < 1.29 is 5.11 Å². The molecule has 0 radical (unpaired) electrons. The van der Waals surface area contributed by atoms with E-state index in [0.717, 1.165) is 11.4 Å². The summed E-state index contributed by atoms with van der Waals surface area (Å²) < 4.78 is 1.76. The lowest BCUT2D eigenvalue weighted by Crippen LogP contribution is -1.96. The molecule has 0 bridgehead atoms. The summed E-state index contributed by atoms with van der Waals surface area (Å²) in [7, 11) is 0. The molecule has 0 unspecified atom stereocenters. The van der Waals surface area contributed by atoms with Crippen LogP contribution in [0.3, 0.4) is 0 Å². The van der Waals surface area contributed by atoms with Crippen LogP contribution < -0.4 is 0 Å². The van der Waals surface area contributed by atoms with E-state index >= 15 is 0 Å². The van der Waals surface area contributed by atoms with Crippen LogP contribution in [0.15, 0.2) is 36.7 Å². The minimum absolute atomic E-state index is 0.220. The van der Waals surface area contributed by atoms with Gasteiger partial charge in [0.2, 0.25) is 0 Å².